The second-order valence-corrected chi connectivity index (χ2v) is 10.3. The molecule has 1 N–H and O–H groups in total. The molecule has 2 amide bonds. The number of anilines is 1. The van der Waals surface area contributed by atoms with Crippen molar-refractivity contribution in [3.8, 4) is 5.69 Å². The third-order valence-electron chi connectivity index (χ3n) is 5.89. The summed E-state index contributed by atoms with van der Waals surface area (Å²) in [6.45, 7) is 10.8. The van der Waals surface area contributed by atoms with Crippen molar-refractivity contribution in [2.45, 2.75) is 91.4 Å². The minimum Gasteiger partial charge on any atom is -0.334 e. The molecule has 0 aliphatic carbocycles. The van der Waals surface area contributed by atoms with Gasteiger partial charge < -0.3 is 10.2 Å². The molecule has 0 unspecified atom stereocenters. The number of hydrogen-bond acceptors (Lipinski definition) is 3. The lowest BCUT2D eigenvalue weighted by Crippen LogP contribution is -2.38. The number of carbonyl (C=O) groups is 2. The molecule has 0 fully saturated rings. The molecule has 0 radical (unpaired) electrons. The Hall–Kier alpha value is -2.34. The Morgan fingerprint density at radius 1 is 1.03 bits per heavy atom. The van der Waals surface area contributed by atoms with Crippen LogP contribution in [0.3, 0.4) is 0 Å². The van der Waals surface area contributed by atoms with E-state index < -0.39 is 0 Å². The van der Waals surface area contributed by atoms with E-state index in [4.69, 9.17) is 16.7 Å². The fourth-order valence-corrected chi connectivity index (χ4v) is 3.98. The Kier molecular flexibility index (Phi) is 11.1. The zero-order chi connectivity index (χ0) is 25.1. The summed E-state index contributed by atoms with van der Waals surface area (Å²) in [5.74, 6) is 0.322. The van der Waals surface area contributed by atoms with Gasteiger partial charge in [-0.1, -0.05) is 90.0 Å². The maximum Gasteiger partial charge on any atom is 0.245 e. The molecule has 1 aromatic carbocycles. The monoisotopic (exact) mass is 488 g/mol. The highest BCUT2D eigenvalue weighted by atomic mass is 35.5. The van der Waals surface area contributed by atoms with E-state index in [0.29, 0.717) is 29.5 Å². The van der Waals surface area contributed by atoms with Crippen LogP contribution in [0.4, 0.5) is 5.82 Å². The standard InChI is InChI=1S/C27H41ClN4O2/c1-6-8-9-10-11-12-13-18-26(34)31(7-2)20-25(33)29-24-19-23(27(3,4)5)30-32(24)22-17-15-14-16-21(22)28/h14-17,19H,6-13,18,20H2,1-5H3,(H,29,33). The topological polar surface area (TPSA) is 67.2 Å². The number of para-hydroxylation sites is 1. The second-order valence-electron chi connectivity index (χ2n) is 9.86. The maximum atomic E-state index is 12.9. The van der Waals surface area contributed by atoms with Crippen LogP contribution in [0.5, 0.6) is 0 Å². The third-order valence-corrected chi connectivity index (χ3v) is 6.21. The second kappa shape index (κ2) is 13.5. The molecule has 7 heteroatoms. The molecule has 0 aliphatic heterocycles. The highest BCUT2D eigenvalue weighted by Crippen LogP contribution is 2.29. The normalized spacial score (nSPS) is 11.5. The first-order chi connectivity index (χ1) is 16.2. The van der Waals surface area contributed by atoms with Crippen LogP contribution in [0.15, 0.2) is 30.3 Å². The predicted octanol–water partition coefficient (Wildman–Crippen LogP) is 6.75. The van der Waals surface area contributed by atoms with Gasteiger partial charge in [0, 0.05) is 24.4 Å². The lowest BCUT2D eigenvalue weighted by Gasteiger charge is -2.20. The summed E-state index contributed by atoms with van der Waals surface area (Å²) in [4.78, 5) is 27.2. The van der Waals surface area contributed by atoms with Crippen LogP contribution >= 0.6 is 11.6 Å². The van der Waals surface area contributed by atoms with Gasteiger partial charge in [-0.3, -0.25) is 9.59 Å². The van der Waals surface area contributed by atoms with Crippen molar-refractivity contribution in [1.82, 2.24) is 14.7 Å². The molecule has 34 heavy (non-hydrogen) atoms. The number of carbonyl (C=O) groups excluding carboxylic acids is 2. The minimum atomic E-state index is -0.247. The number of nitrogens with one attached hydrogen (secondary N) is 1. The molecule has 6 nitrogen and oxygen atoms in total. The van der Waals surface area contributed by atoms with Gasteiger partial charge in [-0.2, -0.15) is 5.10 Å². The number of rotatable bonds is 13. The molecular weight excluding hydrogens is 448 g/mol. The van der Waals surface area contributed by atoms with Gasteiger partial charge in [-0.25, -0.2) is 4.68 Å². The molecule has 0 saturated heterocycles. The van der Waals surface area contributed by atoms with Crippen molar-refractivity contribution in [3.05, 3.63) is 41.0 Å². The first-order valence-electron chi connectivity index (χ1n) is 12.6. The Morgan fingerprint density at radius 2 is 1.68 bits per heavy atom. The summed E-state index contributed by atoms with van der Waals surface area (Å²) in [6.07, 6.45) is 8.61. The fourth-order valence-electron chi connectivity index (χ4n) is 3.77. The molecule has 188 valence electrons. The predicted molar refractivity (Wildman–Crippen MR) is 141 cm³/mol. The molecule has 2 aromatic rings. The zero-order valence-corrected chi connectivity index (χ0v) is 22.2. The smallest absolute Gasteiger partial charge is 0.245 e. The summed E-state index contributed by atoms with van der Waals surface area (Å²) < 4.78 is 1.66. The van der Waals surface area contributed by atoms with Crippen molar-refractivity contribution < 1.29 is 9.59 Å². The molecule has 0 atom stereocenters. The molecule has 1 heterocycles. The van der Waals surface area contributed by atoms with Crippen LogP contribution in [0.1, 0.15) is 91.7 Å². The number of benzene rings is 1. The Balaban J connectivity index is 2.02. The van der Waals surface area contributed by atoms with E-state index in [0.717, 1.165) is 18.5 Å². The number of amides is 2. The molecule has 1 aromatic heterocycles. The molecular formula is C27H41ClN4O2. The highest BCUT2D eigenvalue weighted by Gasteiger charge is 2.23. The number of aromatic nitrogens is 2. The number of nitrogens with zero attached hydrogens (tertiary/aromatic N) is 3. The molecule has 0 aliphatic rings. The van der Waals surface area contributed by atoms with Crippen LogP contribution < -0.4 is 5.32 Å². The Morgan fingerprint density at radius 3 is 2.29 bits per heavy atom. The van der Waals surface area contributed by atoms with Gasteiger partial charge in [0.25, 0.3) is 0 Å². The number of unbranched alkanes of at least 4 members (excludes halogenated alkanes) is 6. The van der Waals surface area contributed by atoms with Gasteiger partial charge in [0.15, 0.2) is 0 Å². The average molecular weight is 489 g/mol. The average Bonchev–Trinajstić information content (AvgIpc) is 3.21. The van der Waals surface area contributed by atoms with E-state index in [1.54, 1.807) is 15.6 Å². The summed E-state index contributed by atoms with van der Waals surface area (Å²) in [5, 5.41) is 8.21. The Bertz CT molecular complexity index is 933. The van der Waals surface area contributed by atoms with Crippen LogP contribution in [-0.4, -0.2) is 39.6 Å². The van der Waals surface area contributed by atoms with Gasteiger partial charge in [-0.15, -0.1) is 0 Å². The summed E-state index contributed by atoms with van der Waals surface area (Å²) in [6, 6.07) is 9.27. The number of halogens is 1. The van der Waals surface area contributed by atoms with Gasteiger partial charge >= 0.3 is 0 Å². The van der Waals surface area contributed by atoms with Crippen LogP contribution in [0, 0.1) is 0 Å². The molecule has 0 spiro atoms. The number of hydrogen-bond donors (Lipinski definition) is 1. The number of likely N-dealkylation sites (N-methyl/N-ethyl adjacent to an activating group) is 1. The van der Waals surface area contributed by atoms with Gasteiger partial charge in [0.05, 0.1) is 22.9 Å². The molecule has 2 rings (SSSR count). The maximum absolute atomic E-state index is 12.9. The minimum absolute atomic E-state index is 0.0182. The van der Waals surface area contributed by atoms with Gasteiger partial charge in [0.2, 0.25) is 11.8 Å². The van der Waals surface area contributed by atoms with Crippen molar-refractivity contribution in [3.63, 3.8) is 0 Å². The lowest BCUT2D eigenvalue weighted by molar-refractivity contribution is -0.134. The highest BCUT2D eigenvalue weighted by molar-refractivity contribution is 6.32. The van der Waals surface area contributed by atoms with E-state index in [1.165, 1.54) is 32.1 Å². The lowest BCUT2D eigenvalue weighted by atomic mass is 9.92. The van der Waals surface area contributed by atoms with Crippen LogP contribution in [0.2, 0.25) is 5.02 Å². The largest absolute Gasteiger partial charge is 0.334 e. The zero-order valence-electron chi connectivity index (χ0n) is 21.5. The van der Waals surface area contributed by atoms with E-state index >= 15 is 0 Å². The van der Waals surface area contributed by atoms with Crippen molar-refractivity contribution in [2.24, 2.45) is 0 Å². The van der Waals surface area contributed by atoms with Gasteiger partial charge in [0.1, 0.15) is 5.82 Å². The van der Waals surface area contributed by atoms with E-state index in [2.05, 4.69) is 33.0 Å². The van der Waals surface area contributed by atoms with Crippen molar-refractivity contribution >= 4 is 29.2 Å². The fraction of sp³-hybridized carbons (Fsp3) is 0.593. The SMILES string of the molecule is CCCCCCCCCC(=O)N(CC)CC(=O)Nc1cc(C(C)(C)C)nn1-c1ccccc1Cl. The molecule has 0 saturated carbocycles. The van der Waals surface area contributed by atoms with Crippen LogP contribution in [-0.2, 0) is 15.0 Å². The van der Waals surface area contributed by atoms with Crippen molar-refractivity contribution in [2.75, 3.05) is 18.4 Å². The third kappa shape index (κ3) is 8.46. The summed E-state index contributed by atoms with van der Waals surface area (Å²) in [5.41, 5.74) is 1.33. The Labute approximate surface area is 210 Å². The van der Waals surface area contributed by atoms with E-state index in [9.17, 15) is 9.59 Å². The quantitative estimate of drug-likeness (QED) is 0.317. The first kappa shape index (κ1) is 27.9. The van der Waals surface area contributed by atoms with Crippen molar-refractivity contribution in [1.29, 1.82) is 0 Å². The van der Waals surface area contributed by atoms with E-state index in [-0.39, 0.29) is 23.8 Å². The summed E-state index contributed by atoms with van der Waals surface area (Å²) >= 11 is 6.41. The van der Waals surface area contributed by atoms with Gasteiger partial charge in [-0.05, 0) is 25.5 Å². The van der Waals surface area contributed by atoms with Crippen LogP contribution in [0.25, 0.3) is 5.69 Å². The summed E-state index contributed by atoms with van der Waals surface area (Å²) in [7, 11) is 0. The van der Waals surface area contributed by atoms with E-state index in [1.807, 2.05) is 31.2 Å². The first-order valence-corrected chi connectivity index (χ1v) is 13.0. The molecule has 0 bridgehead atoms.